The van der Waals surface area contributed by atoms with E-state index in [1.807, 2.05) is 42.6 Å². The second-order valence-electron chi connectivity index (χ2n) is 4.64. The summed E-state index contributed by atoms with van der Waals surface area (Å²) < 4.78 is 11.2. The number of hydrogen-bond acceptors (Lipinski definition) is 4. The summed E-state index contributed by atoms with van der Waals surface area (Å²) in [6.45, 7) is 3.92. The maximum Gasteiger partial charge on any atom is 0.119 e. The first kappa shape index (κ1) is 17.1. The van der Waals surface area contributed by atoms with Gasteiger partial charge < -0.3 is 9.47 Å². The minimum absolute atomic E-state index is 0.452. The van der Waals surface area contributed by atoms with Crippen LogP contribution in [-0.4, -0.2) is 30.6 Å². The molecule has 0 atom stereocenters. The van der Waals surface area contributed by atoms with Gasteiger partial charge in [0.05, 0.1) is 24.8 Å². The van der Waals surface area contributed by atoms with Gasteiger partial charge in [0.1, 0.15) is 12.4 Å². The van der Waals surface area contributed by atoms with Gasteiger partial charge in [-0.05, 0) is 30.7 Å². The summed E-state index contributed by atoms with van der Waals surface area (Å²) in [6, 6.07) is 11.8. The number of pyridine rings is 1. The number of nitrogens with zero attached hydrogens (tertiary/aromatic N) is 1. The molecule has 1 heterocycles. The van der Waals surface area contributed by atoms with Crippen LogP contribution in [0.1, 0.15) is 11.3 Å². The third-order valence-electron chi connectivity index (χ3n) is 3.11. The second-order valence-corrected chi connectivity index (χ2v) is 6.04. The maximum absolute atomic E-state index is 5.86. The van der Waals surface area contributed by atoms with Crippen molar-refractivity contribution in [3.8, 4) is 5.75 Å². The van der Waals surface area contributed by atoms with E-state index < -0.39 is 0 Å². The molecule has 0 bridgehead atoms. The van der Waals surface area contributed by atoms with E-state index in [9.17, 15) is 0 Å². The average Bonchev–Trinajstić information content (AvgIpc) is 2.56. The highest BCUT2D eigenvalue weighted by Gasteiger charge is 2.04. The number of alkyl halides is 1. The number of aromatic nitrogens is 1. The lowest BCUT2D eigenvalue weighted by atomic mass is 10.2. The Labute approximate surface area is 141 Å². The number of thioether (sulfide) groups is 1. The summed E-state index contributed by atoms with van der Waals surface area (Å²) in [6.07, 6.45) is 1.81. The Hall–Kier alpha value is -1.23. The molecule has 0 N–H and O–H groups in total. The molecule has 0 spiro atoms. The molecule has 3 nitrogen and oxygen atoms in total. The summed E-state index contributed by atoms with van der Waals surface area (Å²) in [5, 5.41) is 0. The Morgan fingerprint density at radius 3 is 2.68 bits per heavy atom. The highest BCUT2D eigenvalue weighted by molar-refractivity contribution is 7.99. The molecule has 118 valence electrons. The minimum Gasteiger partial charge on any atom is -0.491 e. The fourth-order valence-corrected chi connectivity index (χ4v) is 3.08. The molecule has 0 amide bonds. The normalized spacial score (nSPS) is 10.6. The van der Waals surface area contributed by atoms with Gasteiger partial charge in [0.25, 0.3) is 0 Å². The van der Waals surface area contributed by atoms with Crippen LogP contribution in [-0.2, 0) is 10.6 Å². The van der Waals surface area contributed by atoms with Crippen molar-refractivity contribution in [2.24, 2.45) is 0 Å². The summed E-state index contributed by atoms with van der Waals surface area (Å²) >= 11 is 7.63. The van der Waals surface area contributed by atoms with E-state index in [1.54, 1.807) is 11.8 Å². The Morgan fingerprint density at radius 2 is 1.91 bits per heavy atom. The van der Waals surface area contributed by atoms with Crippen LogP contribution in [0.2, 0.25) is 0 Å². The van der Waals surface area contributed by atoms with Gasteiger partial charge in [-0.2, -0.15) is 0 Å². The number of para-hydroxylation sites is 1. The van der Waals surface area contributed by atoms with Crippen LogP contribution in [0.25, 0.3) is 0 Å². The van der Waals surface area contributed by atoms with Crippen molar-refractivity contribution >= 4 is 23.4 Å². The first-order valence-corrected chi connectivity index (χ1v) is 8.72. The largest absolute Gasteiger partial charge is 0.491 e. The summed E-state index contributed by atoms with van der Waals surface area (Å²) in [7, 11) is 0. The van der Waals surface area contributed by atoms with E-state index in [0.717, 1.165) is 22.8 Å². The van der Waals surface area contributed by atoms with Gasteiger partial charge in [0, 0.05) is 16.8 Å². The van der Waals surface area contributed by atoms with Crippen molar-refractivity contribution in [3.05, 3.63) is 53.9 Å². The summed E-state index contributed by atoms with van der Waals surface area (Å²) in [5.41, 5.74) is 2.11. The van der Waals surface area contributed by atoms with Gasteiger partial charge in [-0.3, -0.25) is 4.98 Å². The number of halogens is 1. The Bertz CT molecular complexity index is 566. The van der Waals surface area contributed by atoms with E-state index in [0.29, 0.717) is 25.7 Å². The van der Waals surface area contributed by atoms with Crippen LogP contribution < -0.4 is 4.74 Å². The first-order valence-electron chi connectivity index (χ1n) is 7.20. The summed E-state index contributed by atoms with van der Waals surface area (Å²) in [4.78, 5) is 5.48. The molecule has 2 rings (SSSR count). The van der Waals surface area contributed by atoms with E-state index in [1.165, 1.54) is 4.90 Å². The minimum atomic E-state index is 0.452. The molecule has 0 aliphatic rings. The Morgan fingerprint density at radius 1 is 1.09 bits per heavy atom. The SMILES string of the molecule is Cc1c(SCCOCCOc2ccccc2)ccnc1CCl. The third-order valence-corrected chi connectivity index (χ3v) is 4.49. The van der Waals surface area contributed by atoms with Gasteiger partial charge in [-0.15, -0.1) is 23.4 Å². The molecule has 1 aromatic carbocycles. The van der Waals surface area contributed by atoms with Gasteiger partial charge in [-0.1, -0.05) is 18.2 Å². The molecule has 0 aliphatic heterocycles. The predicted octanol–water partition coefficient (Wildman–Crippen LogP) is 4.32. The lowest BCUT2D eigenvalue weighted by Crippen LogP contribution is -2.08. The average molecular weight is 338 g/mol. The summed E-state index contributed by atoms with van der Waals surface area (Å²) in [5.74, 6) is 2.23. The molecule has 0 radical (unpaired) electrons. The Kier molecular flexibility index (Phi) is 7.57. The Balaban J connectivity index is 1.60. The zero-order valence-corrected chi connectivity index (χ0v) is 14.2. The van der Waals surface area contributed by atoms with Crippen molar-refractivity contribution < 1.29 is 9.47 Å². The molecular formula is C17H20ClNO2S. The van der Waals surface area contributed by atoms with Crippen molar-refractivity contribution in [1.82, 2.24) is 4.98 Å². The molecule has 2 aromatic rings. The molecule has 5 heteroatoms. The topological polar surface area (TPSA) is 31.4 Å². The van der Waals surface area contributed by atoms with Gasteiger partial charge in [0.15, 0.2) is 0 Å². The van der Waals surface area contributed by atoms with Gasteiger partial charge in [0.2, 0.25) is 0 Å². The molecule has 0 saturated carbocycles. The van der Waals surface area contributed by atoms with Crippen molar-refractivity contribution in [2.45, 2.75) is 17.7 Å². The van der Waals surface area contributed by atoms with Crippen molar-refractivity contribution in [3.63, 3.8) is 0 Å². The lowest BCUT2D eigenvalue weighted by molar-refractivity contribution is 0.112. The number of rotatable bonds is 9. The van der Waals surface area contributed by atoms with E-state index in [4.69, 9.17) is 21.1 Å². The molecule has 0 unspecified atom stereocenters. The van der Waals surface area contributed by atoms with Crippen LogP contribution >= 0.6 is 23.4 Å². The number of hydrogen-bond donors (Lipinski definition) is 0. The van der Waals surface area contributed by atoms with Gasteiger partial charge in [-0.25, -0.2) is 0 Å². The zero-order chi connectivity index (χ0) is 15.6. The smallest absolute Gasteiger partial charge is 0.119 e. The monoisotopic (exact) mass is 337 g/mol. The maximum atomic E-state index is 5.86. The molecule has 1 aromatic heterocycles. The van der Waals surface area contributed by atoms with Crippen LogP contribution in [0.4, 0.5) is 0 Å². The first-order chi connectivity index (χ1) is 10.8. The molecular weight excluding hydrogens is 318 g/mol. The van der Waals surface area contributed by atoms with Crippen LogP contribution in [0, 0.1) is 6.92 Å². The third kappa shape index (κ3) is 5.52. The standard InChI is InChI=1S/C17H20ClNO2S/c1-14-16(13-18)19-8-7-17(14)22-12-11-20-9-10-21-15-5-3-2-4-6-15/h2-8H,9-13H2,1H3. The molecule has 0 saturated heterocycles. The van der Waals surface area contributed by atoms with Crippen molar-refractivity contribution in [2.75, 3.05) is 25.6 Å². The van der Waals surface area contributed by atoms with E-state index in [-0.39, 0.29) is 0 Å². The predicted molar refractivity (Wildman–Crippen MR) is 92.0 cm³/mol. The quantitative estimate of drug-likeness (QED) is 0.387. The fraction of sp³-hybridized carbons (Fsp3) is 0.353. The fourth-order valence-electron chi connectivity index (χ4n) is 1.90. The van der Waals surface area contributed by atoms with Crippen molar-refractivity contribution in [1.29, 1.82) is 0 Å². The van der Waals surface area contributed by atoms with Crippen LogP contribution in [0.5, 0.6) is 5.75 Å². The lowest BCUT2D eigenvalue weighted by Gasteiger charge is -2.09. The molecule has 0 fully saturated rings. The highest BCUT2D eigenvalue weighted by Crippen LogP contribution is 2.24. The second kappa shape index (κ2) is 9.72. The van der Waals surface area contributed by atoms with Crippen LogP contribution in [0.3, 0.4) is 0 Å². The van der Waals surface area contributed by atoms with Gasteiger partial charge >= 0.3 is 0 Å². The van der Waals surface area contributed by atoms with E-state index in [2.05, 4.69) is 11.9 Å². The number of benzene rings is 1. The van der Waals surface area contributed by atoms with Crippen LogP contribution in [0.15, 0.2) is 47.5 Å². The molecule has 22 heavy (non-hydrogen) atoms. The zero-order valence-electron chi connectivity index (χ0n) is 12.6. The highest BCUT2D eigenvalue weighted by atomic mass is 35.5. The van der Waals surface area contributed by atoms with E-state index >= 15 is 0 Å². The molecule has 0 aliphatic carbocycles. The number of ether oxygens (including phenoxy) is 2.